The van der Waals surface area contributed by atoms with Gasteiger partial charge in [0, 0.05) is 58.3 Å². The second kappa shape index (κ2) is 8.19. The van der Waals surface area contributed by atoms with Crippen molar-refractivity contribution in [3.63, 3.8) is 0 Å². The molecule has 1 aliphatic rings. The van der Waals surface area contributed by atoms with Crippen LogP contribution in [0.4, 0.5) is 10.1 Å². The summed E-state index contributed by atoms with van der Waals surface area (Å²) in [6.07, 6.45) is 4.83. The monoisotopic (exact) mass is 464 g/mol. The smallest absolute Gasteiger partial charge is 0.165 e. The highest BCUT2D eigenvalue weighted by Gasteiger charge is 2.17. The molecule has 6 rings (SSSR count). The Hall–Kier alpha value is -4.83. The van der Waals surface area contributed by atoms with Crippen LogP contribution in [-0.2, 0) is 0 Å². The Morgan fingerprint density at radius 2 is 1.94 bits per heavy atom. The van der Waals surface area contributed by atoms with Gasteiger partial charge < -0.3 is 14.5 Å². The van der Waals surface area contributed by atoms with Crippen molar-refractivity contribution in [2.75, 3.05) is 18.5 Å². The minimum Gasteiger partial charge on any atom is -0.454 e. The van der Waals surface area contributed by atoms with E-state index < -0.39 is 12.8 Å². The summed E-state index contributed by atoms with van der Waals surface area (Å²) in [4.78, 5) is 7.44. The zero-order valence-electron chi connectivity index (χ0n) is 21.4. The molecule has 0 aliphatic carbocycles. The van der Waals surface area contributed by atoms with E-state index in [1.165, 1.54) is 17.2 Å². The molecular formula is C28H20FN5O. The standard InChI is InChI=1S/C28H20FN5O/c1-32-12-13-33(18-32)20-6-9-24(29)27(15-20)35-21-7-8-22-23-14-19(17-30)5-10-25(23)34(26(22)16-21)28-4-2-3-11-31-28/h2-16H,18H2,1H3/i1D3. The molecule has 0 bridgehead atoms. The van der Waals surface area contributed by atoms with Crippen LogP contribution in [0.3, 0.4) is 0 Å². The van der Waals surface area contributed by atoms with Crippen LogP contribution in [0.15, 0.2) is 91.4 Å². The molecule has 5 aromatic rings. The third kappa shape index (κ3) is 3.62. The summed E-state index contributed by atoms with van der Waals surface area (Å²) in [6.45, 7) is -2.15. The maximum atomic E-state index is 14.8. The van der Waals surface area contributed by atoms with E-state index in [0.29, 0.717) is 22.8 Å². The van der Waals surface area contributed by atoms with Gasteiger partial charge in [0.05, 0.1) is 29.3 Å². The quantitative estimate of drug-likeness (QED) is 0.319. The normalized spacial score (nSPS) is 14.7. The van der Waals surface area contributed by atoms with Crippen molar-refractivity contribution in [3.05, 3.63) is 103 Å². The van der Waals surface area contributed by atoms with Gasteiger partial charge >= 0.3 is 0 Å². The lowest BCUT2D eigenvalue weighted by atomic mass is 10.1. The number of aromatic nitrogens is 2. The molecule has 2 aromatic heterocycles. The predicted octanol–water partition coefficient (Wildman–Crippen LogP) is 6.16. The third-order valence-electron chi connectivity index (χ3n) is 5.95. The molecule has 0 unspecified atom stereocenters. The molecule has 6 nitrogen and oxygen atoms in total. The number of anilines is 1. The number of nitriles is 1. The van der Waals surface area contributed by atoms with Crippen LogP contribution in [0.25, 0.3) is 27.6 Å². The van der Waals surface area contributed by atoms with E-state index in [4.69, 9.17) is 8.85 Å². The van der Waals surface area contributed by atoms with Gasteiger partial charge in [0.15, 0.2) is 11.6 Å². The molecule has 3 heterocycles. The topological polar surface area (TPSA) is 57.3 Å². The number of fused-ring (bicyclic) bond motifs is 3. The van der Waals surface area contributed by atoms with E-state index in [9.17, 15) is 9.65 Å². The average Bonchev–Trinajstić information content (AvgIpc) is 3.54. The van der Waals surface area contributed by atoms with Gasteiger partial charge in [-0.1, -0.05) is 6.07 Å². The summed E-state index contributed by atoms with van der Waals surface area (Å²) < 4.78 is 45.6. The van der Waals surface area contributed by atoms with E-state index in [2.05, 4.69) is 11.1 Å². The fraction of sp³-hybridized carbons (Fsp3) is 0.0714. The van der Waals surface area contributed by atoms with Gasteiger partial charge in [0.1, 0.15) is 11.6 Å². The molecule has 0 saturated carbocycles. The van der Waals surface area contributed by atoms with E-state index in [-0.39, 0.29) is 12.4 Å². The molecule has 3 aromatic carbocycles. The van der Waals surface area contributed by atoms with Gasteiger partial charge in [-0.3, -0.25) is 4.57 Å². The molecule has 0 spiro atoms. The Kier molecular flexibility index (Phi) is 4.12. The Morgan fingerprint density at radius 3 is 2.74 bits per heavy atom. The summed E-state index contributed by atoms with van der Waals surface area (Å²) in [5.74, 6) is 0.570. The van der Waals surface area contributed by atoms with E-state index >= 15 is 0 Å². The Balaban J connectivity index is 1.41. The van der Waals surface area contributed by atoms with Gasteiger partial charge in [-0.2, -0.15) is 5.26 Å². The van der Waals surface area contributed by atoms with Crippen molar-refractivity contribution in [1.82, 2.24) is 14.5 Å². The maximum absolute atomic E-state index is 14.8. The van der Waals surface area contributed by atoms with Crippen LogP contribution < -0.4 is 9.64 Å². The number of hydrogen-bond donors (Lipinski definition) is 0. The number of hydrogen-bond acceptors (Lipinski definition) is 5. The number of nitrogens with zero attached hydrogens (tertiary/aromatic N) is 5. The van der Waals surface area contributed by atoms with Crippen molar-refractivity contribution in [2.24, 2.45) is 0 Å². The molecule has 1 aliphatic heterocycles. The number of pyridine rings is 1. The minimum absolute atomic E-state index is 0.00912. The van der Waals surface area contributed by atoms with Gasteiger partial charge in [0.2, 0.25) is 0 Å². The summed E-state index contributed by atoms with van der Waals surface area (Å²) in [6, 6.07) is 23.2. The average molecular weight is 465 g/mol. The first-order valence-corrected chi connectivity index (χ1v) is 10.9. The lowest BCUT2D eigenvalue weighted by Crippen LogP contribution is -2.21. The largest absolute Gasteiger partial charge is 0.454 e. The Morgan fingerprint density at radius 1 is 1.00 bits per heavy atom. The third-order valence-corrected chi connectivity index (χ3v) is 5.95. The molecule has 0 saturated heterocycles. The van der Waals surface area contributed by atoms with E-state index in [0.717, 1.165) is 21.8 Å². The molecule has 0 fully saturated rings. The highest BCUT2D eigenvalue weighted by atomic mass is 19.1. The molecule has 0 N–H and O–H groups in total. The van der Waals surface area contributed by atoms with Crippen LogP contribution in [-0.4, -0.2) is 28.1 Å². The second-order valence-electron chi connectivity index (χ2n) is 8.14. The van der Waals surface area contributed by atoms with E-state index in [1.54, 1.807) is 41.6 Å². The first-order valence-electron chi connectivity index (χ1n) is 12.4. The number of rotatable bonds is 4. The molecule has 35 heavy (non-hydrogen) atoms. The fourth-order valence-electron chi connectivity index (χ4n) is 4.33. The van der Waals surface area contributed by atoms with Crippen molar-refractivity contribution < 1.29 is 13.2 Å². The summed E-state index contributed by atoms with van der Waals surface area (Å²) >= 11 is 0. The summed E-state index contributed by atoms with van der Waals surface area (Å²) in [5, 5.41) is 11.2. The molecule has 0 amide bonds. The number of halogens is 1. The highest BCUT2D eigenvalue weighted by Crippen LogP contribution is 2.36. The second-order valence-corrected chi connectivity index (χ2v) is 8.14. The van der Waals surface area contributed by atoms with Crippen LogP contribution in [0.2, 0.25) is 0 Å². The van der Waals surface area contributed by atoms with Crippen LogP contribution >= 0.6 is 0 Å². The maximum Gasteiger partial charge on any atom is 0.165 e. The van der Waals surface area contributed by atoms with Crippen molar-refractivity contribution in [2.45, 2.75) is 0 Å². The SMILES string of the molecule is [2H]C([2H])([2H])N1C=CN(c2ccc(F)c(Oc3ccc4c5cc(C#N)ccc5n(-c5ccccn5)c4c3)c2)C1. The van der Waals surface area contributed by atoms with Crippen molar-refractivity contribution >= 4 is 27.5 Å². The van der Waals surface area contributed by atoms with Crippen LogP contribution in [0.5, 0.6) is 11.5 Å². The zero-order valence-corrected chi connectivity index (χ0v) is 18.4. The number of benzene rings is 3. The van der Waals surface area contributed by atoms with Gasteiger partial charge in [-0.15, -0.1) is 0 Å². The summed E-state index contributed by atoms with van der Waals surface area (Å²) in [5.41, 5.74) is 2.81. The van der Waals surface area contributed by atoms with Gasteiger partial charge in [-0.25, -0.2) is 9.37 Å². The molecular weight excluding hydrogens is 441 g/mol. The van der Waals surface area contributed by atoms with E-state index in [1.807, 2.05) is 47.0 Å². The lowest BCUT2D eigenvalue weighted by Gasteiger charge is -2.19. The van der Waals surface area contributed by atoms with Crippen LogP contribution in [0, 0.1) is 17.1 Å². The molecule has 170 valence electrons. The highest BCUT2D eigenvalue weighted by molar-refractivity contribution is 6.09. The first-order chi connectivity index (χ1) is 18.3. The molecule has 0 atom stereocenters. The minimum atomic E-state index is -2.26. The number of ether oxygens (including phenoxy) is 1. The first kappa shape index (κ1) is 17.6. The van der Waals surface area contributed by atoms with Gasteiger partial charge in [0.25, 0.3) is 0 Å². The Bertz CT molecular complexity index is 1760. The summed E-state index contributed by atoms with van der Waals surface area (Å²) in [7, 11) is 0. The predicted molar refractivity (Wildman–Crippen MR) is 134 cm³/mol. The molecule has 7 heteroatoms. The van der Waals surface area contributed by atoms with Gasteiger partial charge in [-0.05, 0) is 54.6 Å². The fourth-order valence-corrected chi connectivity index (χ4v) is 4.33. The van der Waals surface area contributed by atoms with Crippen molar-refractivity contribution in [1.29, 1.82) is 5.26 Å². The lowest BCUT2D eigenvalue weighted by molar-refractivity contribution is 0.442. The molecule has 0 radical (unpaired) electrons. The van der Waals surface area contributed by atoms with Crippen LogP contribution in [0.1, 0.15) is 9.68 Å². The van der Waals surface area contributed by atoms with Crippen molar-refractivity contribution in [3.8, 4) is 23.4 Å². The zero-order chi connectivity index (χ0) is 26.4. The Labute approximate surface area is 205 Å².